The van der Waals surface area contributed by atoms with E-state index in [1.165, 1.54) is 18.7 Å². The summed E-state index contributed by atoms with van der Waals surface area (Å²) in [5.74, 6) is 1.17. The van der Waals surface area contributed by atoms with Crippen molar-refractivity contribution in [2.24, 2.45) is 0 Å². The number of halogens is 1. The maximum Gasteiger partial charge on any atom is 0.147 e. The van der Waals surface area contributed by atoms with E-state index in [0.717, 1.165) is 40.0 Å². The van der Waals surface area contributed by atoms with E-state index in [-0.39, 0.29) is 5.82 Å². The molecular formula is C24H23FN8. The molecule has 0 unspecified atom stereocenters. The molecule has 0 radical (unpaired) electrons. The van der Waals surface area contributed by atoms with Crippen molar-refractivity contribution < 1.29 is 4.39 Å². The summed E-state index contributed by atoms with van der Waals surface area (Å²) in [7, 11) is 0. The average Bonchev–Trinajstić information content (AvgIpc) is 3.47. The van der Waals surface area contributed by atoms with Crippen molar-refractivity contribution >= 4 is 28.2 Å². The monoisotopic (exact) mass is 442 g/mol. The van der Waals surface area contributed by atoms with E-state index in [9.17, 15) is 4.39 Å². The summed E-state index contributed by atoms with van der Waals surface area (Å²) in [6.07, 6.45) is 5.42. The van der Waals surface area contributed by atoms with Gasteiger partial charge in [0.05, 0.1) is 11.2 Å². The molecule has 9 heteroatoms. The van der Waals surface area contributed by atoms with Crippen LogP contribution in [0.4, 0.5) is 21.7 Å². The van der Waals surface area contributed by atoms with Gasteiger partial charge in [-0.1, -0.05) is 6.07 Å². The van der Waals surface area contributed by atoms with Crippen LogP contribution in [0.25, 0.3) is 16.6 Å². The molecule has 0 bridgehead atoms. The van der Waals surface area contributed by atoms with Crippen LogP contribution >= 0.6 is 0 Å². The molecule has 33 heavy (non-hydrogen) atoms. The van der Waals surface area contributed by atoms with E-state index >= 15 is 0 Å². The van der Waals surface area contributed by atoms with Crippen LogP contribution in [0.5, 0.6) is 0 Å². The minimum Gasteiger partial charge on any atom is -0.370 e. The number of fused-ring (bicyclic) bond motifs is 1. The SMILES string of the molecule is Cc1[nH]c2c(F)ccc(C)c2c1CCNc1cc(Nc2ccc(-n3cncn3)cc2)ncn1. The smallest absolute Gasteiger partial charge is 0.147 e. The fourth-order valence-corrected chi connectivity index (χ4v) is 3.98. The summed E-state index contributed by atoms with van der Waals surface area (Å²) in [6, 6.07) is 13.0. The fraction of sp³-hybridized carbons (Fsp3) is 0.167. The first-order valence-electron chi connectivity index (χ1n) is 10.6. The molecule has 0 saturated carbocycles. The molecule has 3 heterocycles. The molecule has 0 spiro atoms. The number of aromatic amines is 1. The number of hydrogen-bond acceptors (Lipinski definition) is 6. The number of anilines is 3. The number of hydrogen-bond donors (Lipinski definition) is 3. The van der Waals surface area contributed by atoms with Gasteiger partial charge in [0.15, 0.2) is 0 Å². The van der Waals surface area contributed by atoms with Gasteiger partial charge in [0.25, 0.3) is 0 Å². The standard InChI is InChI=1S/C24H23FN8/c1-15-3-8-20(25)24-23(15)19(16(2)31-24)9-10-27-21-11-22(29-13-28-21)32-17-4-6-18(7-5-17)33-14-26-12-30-33/h3-8,11-14,31H,9-10H2,1-2H3,(H2,27,28,29,32). The van der Waals surface area contributed by atoms with Gasteiger partial charge in [-0.05, 0) is 61.7 Å². The van der Waals surface area contributed by atoms with Crippen molar-refractivity contribution in [3.05, 3.63) is 84.1 Å². The van der Waals surface area contributed by atoms with E-state index in [1.54, 1.807) is 11.0 Å². The number of rotatable bonds is 7. The maximum atomic E-state index is 14.2. The molecule has 0 fully saturated rings. The Morgan fingerprint density at radius 1 is 1.00 bits per heavy atom. The largest absolute Gasteiger partial charge is 0.370 e. The molecule has 0 saturated heterocycles. The Hall–Kier alpha value is -4.27. The summed E-state index contributed by atoms with van der Waals surface area (Å²) in [4.78, 5) is 15.8. The van der Waals surface area contributed by atoms with Gasteiger partial charge >= 0.3 is 0 Å². The van der Waals surface area contributed by atoms with Gasteiger partial charge in [0.2, 0.25) is 0 Å². The Morgan fingerprint density at radius 2 is 1.82 bits per heavy atom. The third-order valence-corrected chi connectivity index (χ3v) is 5.60. The van der Waals surface area contributed by atoms with Gasteiger partial charge in [-0.25, -0.2) is 24.0 Å². The topological polar surface area (TPSA) is 96.3 Å². The molecule has 5 rings (SSSR count). The molecule has 0 amide bonds. The Balaban J connectivity index is 1.25. The Bertz CT molecular complexity index is 1390. The number of nitrogens with one attached hydrogen (secondary N) is 3. The van der Waals surface area contributed by atoms with Crippen LogP contribution in [0.3, 0.4) is 0 Å². The highest BCUT2D eigenvalue weighted by Crippen LogP contribution is 2.28. The minimum absolute atomic E-state index is 0.223. The zero-order chi connectivity index (χ0) is 22.8. The second kappa shape index (κ2) is 8.70. The molecule has 5 aromatic rings. The summed E-state index contributed by atoms with van der Waals surface area (Å²) in [5, 5.41) is 11.7. The van der Waals surface area contributed by atoms with E-state index in [0.29, 0.717) is 23.7 Å². The molecular weight excluding hydrogens is 419 g/mol. The van der Waals surface area contributed by atoms with Crippen LogP contribution in [-0.4, -0.2) is 36.3 Å². The van der Waals surface area contributed by atoms with Crippen LogP contribution in [0, 0.1) is 19.7 Å². The number of nitrogens with zero attached hydrogens (tertiary/aromatic N) is 5. The summed E-state index contributed by atoms with van der Waals surface area (Å²) in [5.41, 5.74) is 5.56. The first-order valence-corrected chi connectivity index (χ1v) is 10.6. The average molecular weight is 443 g/mol. The predicted octanol–water partition coefficient (Wildman–Crippen LogP) is 4.69. The van der Waals surface area contributed by atoms with Crippen molar-refractivity contribution in [3.63, 3.8) is 0 Å². The summed E-state index contributed by atoms with van der Waals surface area (Å²) < 4.78 is 15.9. The van der Waals surface area contributed by atoms with Crippen LogP contribution in [0.2, 0.25) is 0 Å². The second-order valence-corrected chi connectivity index (χ2v) is 7.82. The molecule has 2 aromatic carbocycles. The van der Waals surface area contributed by atoms with Gasteiger partial charge in [0.1, 0.15) is 36.4 Å². The van der Waals surface area contributed by atoms with Crippen molar-refractivity contribution in [1.82, 2.24) is 29.7 Å². The van der Waals surface area contributed by atoms with E-state index in [1.807, 2.05) is 50.2 Å². The van der Waals surface area contributed by atoms with Crippen molar-refractivity contribution in [3.8, 4) is 5.69 Å². The Kier molecular flexibility index (Phi) is 5.43. The molecule has 3 N–H and O–H groups in total. The zero-order valence-electron chi connectivity index (χ0n) is 18.3. The molecule has 0 aliphatic rings. The van der Waals surface area contributed by atoms with Crippen molar-refractivity contribution in [2.45, 2.75) is 20.3 Å². The van der Waals surface area contributed by atoms with Crippen molar-refractivity contribution in [2.75, 3.05) is 17.2 Å². The Labute approximate surface area is 189 Å². The third kappa shape index (κ3) is 4.25. The van der Waals surface area contributed by atoms with Gasteiger partial charge in [-0.2, -0.15) is 5.10 Å². The lowest BCUT2D eigenvalue weighted by atomic mass is 10.0. The van der Waals surface area contributed by atoms with Crippen molar-refractivity contribution in [1.29, 1.82) is 0 Å². The van der Waals surface area contributed by atoms with E-state index < -0.39 is 0 Å². The van der Waals surface area contributed by atoms with Gasteiger partial charge in [0, 0.05) is 29.4 Å². The number of H-pyrrole nitrogens is 1. The lowest BCUT2D eigenvalue weighted by molar-refractivity contribution is 0.637. The third-order valence-electron chi connectivity index (χ3n) is 5.60. The first kappa shape index (κ1) is 20.6. The number of aromatic nitrogens is 6. The summed E-state index contributed by atoms with van der Waals surface area (Å²) in [6.45, 7) is 4.65. The van der Waals surface area contributed by atoms with E-state index in [4.69, 9.17) is 0 Å². The highest BCUT2D eigenvalue weighted by atomic mass is 19.1. The maximum absolute atomic E-state index is 14.2. The number of aryl methyl sites for hydroxylation is 2. The van der Waals surface area contributed by atoms with Gasteiger partial charge < -0.3 is 15.6 Å². The molecule has 8 nitrogen and oxygen atoms in total. The zero-order valence-corrected chi connectivity index (χ0v) is 18.3. The highest BCUT2D eigenvalue weighted by molar-refractivity contribution is 5.88. The second-order valence-electron chi connectivity index (χ2n) is 7.82. The Morgan fingerprint density at radius 3 is 2.61 bits per heavy atom. The van der Waals surface area contributed by atoms with Crippen LogP contribution < -0.4 is 10.6 Å². The molecule has 0 aliphatic carbocycles. The minimum atomic E-state index is -0.223. The molecule has 3 aromatic heterocycles. The van der Waals surface area contributed by atoms with Crippen LogP contribution in [0.15, 0.2) is 61.4 Å². The highest BCUT2D eigenvalue weighted by Gasteiger charge is 2.13. The quantitative estimate of drug-likeness (QED) is 0.338. The predicted molar refractivity (Wildman–Crippen MR) is 127 cm³/mol. The summed E-state index contributed by atoms with van der Waals surface area (Å²) >= 11 is 0. The molecule has 0 atom stereocenters. The number of benzene rings is 2. The molecule has 0 aliphatic heterocycles. The lowest BCUT2D eigenvalue weighted by Crippen LogP contribution is -2.08. The lowest BCUT2D eigenvalue weighted by Gasteiger charge is -2.10. The first-order chi connectivity index (χ1) is 16.1. The fourth-order valence-electron chi connectivity index (χ4n) is 3.98. The van der Waals surface area contributed by atoms with Gasteiger partial charge in [-0.15, -0.1) is 0 Å². The van der Waals surface area contributed by atoms with Crippen LogP contribution in [-0.2, 0) is 6.42 Å². The van der Waals surface area contributed by atoms with Crippen LogP contribution in [0.1, 0.15) is 16.8 Å². The molecule has 166 valence electrons. The van der Waals surface area contributed by atoms with E-state index in [2.05, 4.69) is 35.7 Å². The normalized spacial score (nSPS) is 11.1. The van der Waals surface area contributed by atoms with Gasteiger partial charge in [-0.3, -0.25) is 0 Å².